The van der Waals surface area contributed by atoms with Crippen molar-refractivity contribution in [3.05, 3.63) is 93.7 Å². The molecule has 5 heterocycles. The Morgan fingerprint density at radius 3 is 2.36 bits per heavy atom. The number of likely N-dealkylation sites (tertiary alicyclic amines) is 1. The van der Waals surface area contributed by atoms with Crippen molar-refractivity contribution in [2.75, 3.05) is 78.2 Å². The number of rotatable bonds is 17. The van der Waals surface area contributed by atoms with Crippen LogP contribution in [0.4, 0.5) is 18.9 Å². The first kappa shape index (κ1) is 48.7. The molecule has 2 unspecified atom stereocenters. The van der Waals surface area contributed by atoms with E-state index in [9.17, 15) is 47.0 Å². The molecule has 20 heteroatoms. The molecular formula is C50H56F3N7O10. The number of aromatic amines is 1. The summed E-state index contributed by atoms with van der Waals surface area (Å²) in [4.78, 5) is 85.1. The Morgan fingerprint density at radius 1 is 0.914 bits per heavy atom. The van der Waals surface area contributed by atoms with Gasteiger partial charge in [0.1, 0.15) is 11.8 Å². The monoisotopic (exact) mass is 971 g/mol. The van der Waals surface area contributed by atoms with Crippen molar-refractivity contribution in [2.24, 2.45) is 5.92 Å². The first-order chi connectivity index (χ1) is 33.7. The standard InChI is InChI=1S/C50H56F3N7O10/c1-68-32-10-11-33-37(25-32)56-43-39(27-61)59(28-49(42(33)43)14-18-58(19-15-49)46(65)29-4-2-5-29)26-31-9-8-30(24-35(31)50(51,52)53)44(63)55-17-21-70-23-22-69-20-16-54-36-7-3-6-34-41(36)48(67)60(47(34)66)38-12-13-40(62)57-45(38)64/h3,6-11,24-25,29,38-39,54,56,61H,2,4-5,12-23,26-28H2,1H3,(H,55,63)(H,57,62,64). The zero-order chi connectivity index (χ0) is 49.3. The minimum Gasteiger partial charge on any atom is -0.497 e. The molecule has 372 valence electrons. The van der Waals surface area contributed by atoms with Gasteiger partial charge in [-0.05, 0) is 79.6 Å². The number of amides is 6. The van der Waals surface area contributed by atoms with E-state index in [2.05, 4.69) is 20.9 Å². The van der Waals surface area contributed by atoms with Crippen LogP contribution in [0.2, 0.25) is 0 Å². The highest BCUT2D eigenvalue weighted by atomic mass is 19.4. The Hall–Kier alpha value is -6.35. The predicted molar refractivity (Wildman–Crippen MR) is 247 cm³/mol. The highest BCUT2D eigenvalue weighted by Crippen LogP contribution is 2.50. The molecule has 0 bridgehead atoms. The van der Waals surface area contributed by atoms with Gasteiger partial charge >= 0.3 is 6.18 Å². The van der Waals surface area contributed by atoms with Crippen molar-refractivity contribution in [3.63, 3.8) is 0 Å². The number of imide groups is 2. The van der Waals surface area contributed by atoms with Crippen LogP contribution in [0.15, 0.2) is 54.6 Å². The summed E-state index contributed by atoms with van der Waals surface area (Å²) in [5.41, 5.74) is 1.55. The molecule has 1 aromatic heterocycles. The first-order valence-corrected chi connectivity index (χ1v) is 23.8. The van der Waals surface area contributed by atoms with E-state index in [0.717, 1.165) is 52.4 Å². The number of anilines is 1. The molecule has 2 atom stereocenters. The fourth-order valence-electron chi connectivity index (χ4n) is 10.7. The number of hydrogen-bond acceptors (Lipinski definition) is 12. The van der Waals surface area contributed by atoms with Gasteiger partial charge in [0.15, 0.2) is 0 Å². The first-order valence-electron chi connectivity index (χ1n) is 23.8. The Morgan fingerprint density at radius 2 is 1.67 bits per heavy atom. The Balaban J connectivity index is 0.775. The van der Waals surface area contributed by atoms with Gasteiger partial charge in [-0.3, -0.25) is 43.9 Å². The molecule has 17 nitrogen and oxygen atoms in total. The molecule has 3 aromatic carbocycles. The molecular weight excluding hydrogens is 916 g/mol. The molecule has 1 aliphatic carbocycles. The number of nitrogens with zero attached hydrogens (tertiary/aromatic N) is 3. The maximum absolute atomic E-state index is 14.9. The van der Waals surface area contributed by atoms with E-state index in [-0.39, 0.29) is 99.6 Å². The zero-order valence-electron chi connectivity index (χ0n) is 38.8. The second kappa shape index (κ2) is 20.2. The van der Waals surface area contributed by atoms with Gasteiger partial charge in [-0.15, -0.1) is 0 Å². The number of halogens is 3. The number of fused-ring (bicyclic) bond motifs is 5. The van der Waals surface area contributed by atoms with Gasteiger partial charge in [0.2, 0.25) is 17.7 Å². The molecule has 5 N–H and O–H groups in total. The van der Waals surface area contributed by atoms with Crippen molar-refractivity contribution in [3.8, 4) is 5.75 Å². The van der Waals surface area contributed by atoms with Crippen LogP contribution in [-0.4, -0.2) is 139 Å². The van der Waals surface area contributed by atoms with Gasteiger partial charge in [0.25, 0.3) is 17.7 Å². The van der Waals surface area contributed by atoms with Crippen LogP contribution >= 0.6 is 0 Å². The number of hydrogen-bond donors (Lipinski definition) is 5. The van der Waals surface area contributed by atoms with E-state index in [4.69, 9.17) is 14.2 Å². The van der Waals surface area contributed by atoms with Crippen molar-refractivity contribution >= 4 is 52.0 Å². The average Bonchev–Trinajstić information content (AvgIpc) is 3.83. The fraction of sp³-hybridized carbons (Fsp3) is 0.480. The fourth-order valence-corrected chi connectivity index (χ4v) is 10.7. The van der Waals surface area contributed by atoms with Gasteiger partial charge in [-0.1, -0.05) is 18.6 Å². The van der Waals surface area contributed by atoms with Crippen LogP contribution in [0.3, 0.4) is 0 Å². The molecule has 6 amide bonds. The smallest absolute Gasteiger partial charge is 0.416 e. The van der Waals surface area contributed by atoms with Crippen LogP contribution < -0.4 is 20.7 Å². The van der Waals surface area contributed by atoms with Crippen LogP contribution in [-0.2, 0) is 42.0 Å². The van der Waals surface area contributed by atoms with E-state index in [1.807, 2.05) is 28.0 Å². The number of carbonyl (C=O) groups excluding carboxylic acids is 6. The van der Waals surface area contributed by atoms with E-state index in [0.29, 0.717) is 43.9 Å². The maximum Gasteiger partial charge on any atom is 0.416 e. The minimum absolute atomic E-state index is 0.0133. The summed E-state index contributed by atoms with van der Waals surface area (Å²) in [5.74, 6) is -2.24. The Labute approximate surface area is 401 Å². The molecule has 2 saturated heterocycles. The van der Waals surface area contributed by atoms with E-state index in [1.54, 1.807) is 19.2 Å². The van der Waals surface area contributed by atoms with E-state index >= 15 is 0 Å². The molecule has 4 aliphatic heterocycles. The largest absolute Gasteiger partial charge is 0.497 e. The number of ether oxygens (including phenoxy) is 3. The molecule has 3 fully saturated rings. The maximum atomic E-state index is 14.9. The van der Waals surface area contributed by atoms with Gasteiger partial charge in [-0.25, -0.2) is 0 Å². The second-order valence-electron chi connectivity index (χ2n) is 18.6. The van der Waals surface area contributed by atoms with Crippen molar-refractivity contribution < 1.29 is 61.3 Å². The lowest BCUT2D eigenvalue weighted by molar-refractivity contribution is -0.140. The van der Waals surface area contributed by atoms with Gasteiger partial charge in [0, 0.05) is 90.9 Å². The van der Waals surface area contributed by atoms with Crippen LogP contribution in [0, 0.1) is 5.92 Å². The van der Waals surface area contributed by atoms with Crippen molar-refractivity contribution in [2.45, 2.75) is 75.2 Å². The number of benzene rings is 3. The lowest BCUT2D eigenvalue weighted by atomic mass is 9.68. The van der Waals surface area contributed by atoms with Gasteiger partial charge < -0.3 is 39.8 Å². The minimum atomic E-state index is -4.79. The highest BCUT2D eigenvalue weighted by Gasteiger charge is 2.49. The third-order valence-electron chi connectivity index (χ3n) is 14.5. The zero-order valence-corrected chi connectivity index (χ0v) is 38.8. The number of alkyl halides is 3. The lowest BCUT2D eigenvalue weighted by Gasteiger charge is -2.51. The van der Waals surface area contributed by atoms with Crippen molar-refractivity contribution in [1.29, 1.82) is 0 Å². The summed E-state index contributed by atoms with van der Waals surface area (Å²) in [6.45, 7) is 1.73. The number of aromatic nitrogens is 1. The SMILES string of the molecule is COc1ccc2c3c([nH]c2c1)C(CO)N(Cc1ccc(C(=O)NCCOCCOCCNc2cccc4c2C(=O)N(C2CCC(=O)NC2=O)C4=O)cc1C(F)(F)F)CC31CCN(C(=O)C2CCC2)CC1. The number of nitrogens with one attached hydrogen (secondary N) is 4. The lowest BCUT2D eigenvalue weighted by Crippen LogP contribution is -2.55. The van der Waals surface area contributed by atoms with Crippen LogP contribution in [0.25, 0.3) is 10.9 Å². The molecule has 0 radical (unpaired) electrons. The topological polar surface area (TPSA) is 212 Å². The summed E-state index contributed by atoms with van der Waals surface area (Å²) >= 11 is 0. The quantitative estimate of drug-likeness (QED) is 0.0722. The Kier molecular flexibility index (Phi) is 14.0. The summed E-state index contributed by atoms with van der Waals surface area (Å²) in [6.07, 6.45) is -0.687. The van der Waals surface area contributed by atoms with E-state index < -0.39 is 58.8 Å². The molecule has 1 saturated carbocycles. The average molecular weight is 972 g/mol. The summed E-state index contributed by atoms with van der Waals surface area (Å²) in [5, 5.41) is 19.7. The third-order valence-corrected chi connectivity index (χ3v) is 14.5. The van der Waals surface area contributed by atoms with E-state index in [1.165, 1.54) is 18.2 Å². The van der Waals surface area contributed by atoms with Gasteiger partial charge in [-0.2, -0.15) is 13.2 Å². The van der Waals surface area contributed by atoms with Crippen LogP contribution in [0.5, 0.6) is 5.75 Å². The summed E-state index contributed by atoms with van der Waals surface area (Å²) in [6, 6.07) is 12.3. The number of methoxy groups -OCH3 is 1. The number of aliphatic hydroxyl groups excluding tert-OH is 1. The summed E-state index contributed by atoms with van der Waals surface area (Å²) < 4.78 is 61.3. The molecule has 1 spiro atoms. The second-order valence-corrected chi connectivity index (χ2v) is 18.6. The predicted octanol–water partition coefficient (Wildman–Crippen LogP) is 4.68. The van der Waals surface area contributed by atoms with Crippen LogP contribution in [0.1, 0.15) is 104 Å². The highest BCUT2D eigenvalue weighted by molar-refractivity contribution is 6.25. The van der Waals surface area contributed by atoms with Crippen molar-refractivity contribution in [1.82, 2.24) is 30.3 Å². The molecule has 9 rings (SSSR count). The summed E-state index contributed by atoms with van der Waals surface area (Å²) in [7, 11) is 1.57. The molecule has 70 heavy (non-hydrogen) atoms. The number of carbonyl (C=O) groups is 6. The Bertz CT molecular complexity index is 2700. The third kappa shape index (κ3) is 9.48. The number of piperidine rings is 2. The normalized spacial score (nSPS) is 20.4. The molecule has 5 aliphatic rings. The number of H-pyrrole nitrogens is 1. The van der Waals surface area contributed by atoms with Gasteiger partial charge in [0.05, 0.1) is 62.9 Å². The molecule has 4 aromatic rings. The number of aliphatic hydroxyl groups is 1.